The van der Waals surface area contributed by atoms with Gasteiger partial charge in [0, 0.05) is 19.5 Å². The van der Waals surface area contributed by atoms with E-state index < -0.39 is 6.04 Å². The Hall–Kier alpha value is -2.63. The minimum atomic E-state index is -0.412. The maximum atomic E-state index is 13.0. The Bertz CT molecular complexity index is 892. The lowest BCUT2D eigenvalue weighted by atomic mass is 10.0. The molecule has 136 valence electrons. The molecule has 1 aromatic carbocycles. The second-order valence-electron chi connectivity index (χ2n) is 7.16. The summed E-state index contributed by atoms with van der Waals surface area (Å²) in [6.45, 7) is 3.84. The first kappa shape index (κ1) is 16.8. The van der Waals surface area contributed by atoms with Crippen molar-refractivity contribution in [3.8, 4) is 0 Å². The van der Waals surface area contributed by atoms with Gasteiger partial charge in [-0.2, -0.15) is 5.10 Å². The zero-order valence-electron chi connectivity index (χ0n) is 15.1. The van der Waals surface area contributed by atoms with E-state index in [1.165, 1.54) is 10.2 Å². The maximum absolute atomic E-state index is 13.0. The summed E-state index contributed by atoms with van der Waals surface area (Å²) in [5.74, 6) is 0.784. The van der Waals surface area contributed by atoms with Crippen LogP contribution in [0.5, 0.6) is 0 Å². The third-order valence-electron chi connectivity index (χ3n) is 5.24. The van der Waals surface area contributed by atoms with E-state index in [9.17, 15) is 9.59 Å². The standard InChI is InChI=1S/C20H24N4O2/c1-15-8-10-16(11-9-15)14-23-20(26)24-17(6-5-7-18(24)21-23)19(25)22-12-3-2-4-13-22/h2-3,8-11,17H,4-7,12-14H2,1H3/t17-/m1/s1. The van der Waals surface area contributed by atoms with Crippen LogP contribution in [0.2, 0.25) is 0 Å². The fourth-order valence-corrected chi connectivity index (χ4v) is 3.79. The van der Waals surface area contributed by atoms with Gasteiger partial charge in [0.05, 0.1) is 6.54 Å². The van der Waals surface area contributed by atoms with E-state index in [4.69, 9.17) is 0 Å². The number of carbonyl (C=O) groups is 1. The molecule has 6 nitrogen and oxygen atoms in total. The van der Waals surface area contributed by atoms with Crippen LogP contribution in [0.1, 0.15) is 42.3 Å². The average molecular weight is 352 g/mol. The van der Waals surface area contributed by atoms with E-state index >= 15 is 0 Å². The highest BCUT2D eigenvalue weighted by Gasteiger charge is 2.33. The number of hydrogen-bond donors (Lipinski definition) is 0. The van der Waals surface area contributed by atoms with Crippen LogP contribution in [0, 0.1) is 6.92 Å². The molecule has 6 heteroatoms. The van der Waals surface area contributed by atoms with E-state index in [0.717, 1.165) is 37.2 Å². The summed E-state index contributed by atoms with van der Waals surface area (Å²) in [6, 6.07) is 7.69. The molecule has 1 aromatic heterocycles. The summed E-state index contributed by atoms with van der Waals surface area (Å²) in [4.78, 5) is 27.8. The molecule has 0 saturated heterocycles. The van der Waals surface area contributed by atoms with Crippen molar-refractivity contribution in [2.24, 2.45) is 0 Å². The van der Waals surface area contributed by atoms with Crippen molar-refractivity contribution in [2.45, 2.75) is 45.2 Å². The monoisotopic (exact) mass is 352 g/mol. The predicted octanol–water partition coefficient (Wildman–Crippen LogP) is 2.07. The minimum Gasteiger partial charge on any atom is -0.337 e. The highest BCUT2D eigenvalue weighted by molar-refractivity contribution is 5.81. The quantitative estimate of drug-likeness (QED) is 0.795. The zero-order chi connectivity index (χ0) is 18.1. The van der Waals surface area contributed by atoms with Gasteiger partial charge in [-0.05, 0) is 31.7 Å². The van der Waals surface area contributed by atoms with Gasteiger partial charge in [0.25, 0.3) is 0 Å². The van der Waals surface area contributed by atoms with E-state index in [-0.39, 0.29) is 11.6 Å². The number of nitrogens with zero attached hydrogens (tertiary/aromatic N) is 4. The molecule has 1 atom stereocenters. The molecule has 26 heavy (non-hydrogen) atoms. The first-order chi connectivity index (χ1) is 12.6. The molecule has 2 aromatic rings. The van der Waals surface area contributed by atoms with Crippen LogP contribution in [0.3, 0.4) is 0 Å². The number of benzene rings is 1. The van der Waals surface area contributed by atoms with Crippen LogP contribution in [0.25, 0.3) is 0 Å². The van der Waals surface area contributed by atoms with Crippen LogP contribution in [-0.2, 0) is 17.8 Å². The molecule has 3 heterocycles. The fraction of sp³-hybridized carbons (Fsp3) is 0.450. The maximum Gasteiger partial charge on any atom is 0.346 e. The van der Waals surface area contributed by atoms with Gasteiger partial charge in [-0.15, -0.1) is 0 Å². The number of aryl methyl sites for hydroxylation is 2. The molecule has 0 N–H and O–H groups in total. The molecule has 0 saturated carbocycles. The summed E-state index contributed by atoms with van der Waals surface area (Å²) >= 11 is 0. The third-order valence-corrected chi connectivity index (χ3v) is 5.24. The summed E-state index contributed by atoms with van der Waals surface area (Å²) in [5, 5.41) is 4.53. The van der Waals surface area contributed by atoms with Crippen LogP contribution >= 0.6 is 0 Å². The number of amides is 1. The first-order valence-electron chi connectivity index (χ1n) is 9.31. The van der Waals surface area contributed by atoms with Crippen molar-refractivity contribution in [1.29, 1.82) is 0 Å². The van der Waals surface area contributed by atoms with Crippen molar-refractivity contribution < 1.29 is 4.79 Å². The van der Waals surface area contributed by atoms with E-state index in [0.29, 0.717) is 19.5 Å². The number of aromatic nitrogens is 3. The van der Waals surface area contributed by atoms with E-state index in [2.05, 4.69) is 11.2 Å². The molecule has 4 rings (SSSR count). The molecule has 0 fully saturated rings. The Kier molecular flexibility index (Phi) is 4.49. The van der Waals surface area contributed by atoms with Crippen molar-refractivity contribution in [3.63, 3.8) is 0 Å². The smallest absolute Gasteiger partial charge is 0.337 e. The Morgan fingerprint density at radius 2 is 2.04 bits per heavy atom. The lowest BCUT2D eigenvalue weighted by Gasteiger charge is -2.30. The highest BCUT2D eigenvalue weighted by Crippen LogP contribution is 2.24. The lowest BCUT2D eigenvalue weighted by Crippen LogP contribution is -2.43. The fourth-order valence-electron chi connectivity index (χ4n) is 3.79. The summed E-state index contributed by atoms with van der Waals surface area (Å²) < 4.78 is 3.14. The van der Waals surface area contributed by atoms with Gasteiger partial charge >= 0.3 is 5.69 Å². The number of hydrogen-bond acceptors (Lipinski definition) is 3. The number of fused-ring (bicyclic) bond motifs is 1. The summed E-state index contributed by atoms with van der Waals surface area (Å²) in [6.07, 6.45) is 7.35. The van der Waals surface area contributed by atoms with E-state index in [1.807, 2.05) is 42.2 Å². The molecule has 2 aliphatic heterocycles. The lowest BCUT2D eigenvalue weighted by molar-refractivity contribution is -0.135. The van der Waals surface area contributed by atoms with Crippen molar-refractivity contribution >= 4 is 5.91 Å². The van der Waals surface area contributed by atoms with Crippen LogP contribution in [-0.4, -0.2) is 38.2 Å². The second-order valence-corrected chi connectivity index (χ2v) is 7.16. The topological polar surface area (TPSA) is 60.1 Å². The molecule has 0 aliphatic carbocycles. The van der Waals surface area contributed by atoms with Crippen LogP contribution < -0.4 is 5.69 Å². The minimum absolute atomic E-state index is 0.0484. The SMILES string of the molecule is Cc1ccc(Cn2nc3n(c2=O)[C@@H](C(=O)N2CC=CCC2)CCC3)cc1. The van der Waals surface area contributed by atoms with Gasteiger partial charge in [-0.25, -0.2) is 9.48 Å². The van der Waals surface area contributed by atoms with Gasteiger partial charge in [0.15, 0.2) is 0 Å². The molecule has 0 spiro atoms. The van der Waals surface area contributed by atoms with Crippen LogP contribution in [0.4, 0.5) is 0 Å². The van der Waals surface area contributed by atoms with Gasteiger partial charge in [-0.3, -0.25) is 9.36 Å². The molecule has 0 unspecified atom stereocenters. The van der Waals surface area contributed by atoms with Gasteiger partial charge in [0.2, 0.25) is 5.91 Å². The van der Waals surface area contributed by atoms with Gasteiger partial charge in [0.1, 0.15) is 11.9 Å². The highest BCUT2D eigenvalue weighted by atomic mass is 16.2. The predicted molar refractivity (Wildman–Crippen MR) is 99.1 cm³/mol. The largest absolute Gasteiger partial charge is 0.346 e. The second kappa shape index (κ2) is 6.94. The van der Waals surface area contributed by atoms with Gasteiger partial charge in [-0.1, -0.05) is 42.0 Å². The first-order valence-corrected chi connectivity index (χ1v) is 9.31. The molecular formula is C20H24N4O2. The Balaban J connectivity index is 1.62. The van der Waals surface area contributed by atoms with Crippen molar-refractivity contribution in [2.75, 3.05) is 13.1 Å². The van der Waals surface area contributed by atoms with Crippen molar-refractivity contribution in [1.82, 2.24) is 19.2 Å². The number of rotatable bonds is 3. The molecular weight excluding hydrogens is 328 g/mol. The summed E-state index contributed by atoms with van der Waals surface area (Å²) in [5.41, 5.74) is 2.05. The molecule has 2 aliphatic rings. The van der Waals surface area contributed by atoms with Gasteiger partial charge < -0.3 is 4.90 Å². The zero-order valence-corrected chi connectivity index (χ0v) is 15.1. The normalized spacial score (nSPS) is 19.4. The molecule has 0 bridgehead atoms. The third kappa shape index (κ3) is 3.11. The Labute approximate surface area is 152 Å². The Morgan fingerprint density at radius 1 is 1.23 bits per heavy atom. The Morgan fingerprint density at radius 3 is 2.77 bits per heavy atom. The summed E-state index contributed by atoms with van der Waals surface area (Å²) in [7, 11) is 0. The van der Waals surface area contributed by atoms with E-state index in [1.54, 1.807) is 4.57 Å². The molecule has 1 amide bonds. The van der Waals surface area contributed by atoms with Crippen LogP contribution in [0.15, 0.2) is 41.2 Å². The van der Waals surface area contributed by atoms with Crippen molar-refractivity contribution in [3.05, 3.63) is 63.9 Å². The molecule has 0 radical (unpaired) electrons. The number of carbonyl (C=O) groups excluding carboxylic acids is 1. The average Bonchev–Trinajstić information content (AvgIpc) is 2.99.